The quantitative estimate of drug-likeness (QED) is 0.767. The van der Waals surface area contributed by atoms with Crippen LogP contribution in [-0.2, 0) is 16.3 Å². The van der Waals surface area contributed by atoms with Gasteiger partial charge in [0, 0.05) is 27.9 Å². The minimum absolute atomic E-state index is 0.0383. The van der Waals surface area contributed by atoms with Gasteiger partial charge >= 0.3 is 0 Å². The average Bonchev–Trinajstić information content (AvgIpc) is 3.46. The van der Waals surface area contributed by atoms with Crippen LogP contribution in [-0.4, -0.2) is 19.4 Å². The van der Waals surface area contributed by atoms with Gasteiger partial charge in [0.1, 0.15) is 12.4 Å². The maximum Gasteiger partial charge on any atom is 0.130 e. The van der Waals surface area contributed by atoms with Crippen molar-refractivity contribution in [3.8, 4) is 5.75 Å². The van der Waals surface area contributed by atoms with Crippen molar-refractivity contribution in [1.82, 2.24) is 9.97 Å². The molecule has 0 spiro atoms. The van der Waals surface area contributed by atoms with E-state index in [9.17, 15) is 4.21 Å². The zero-order valence-electron chi connectivity index (χ0n) is 13.0. The molecule has 0 amide bonds. The Kier molecular flexibility index (Phi) is 3.69. The molecule has 3 aromatic rings. The predicted molar refractivity (Wildman–Crippen MR) is 92.5 cm³/mol. The van der Waals surface area contributed by atoms with Crippen LogP contribution < -0.4 is 4.74 Å². The topological polar surface area (TPSA) is 75.9 Å². The molecule has 1 fully saturated rings. The van der Waals surface area contributed by atoms with E-state index in [1.54, 1.807) is 30.7 Å². The van der Waals surface area contributed by atoms with Gasteiger partial charge in [0.05, 0.1) is 21.4 Å². The minimum Gasteiger partial charge on any atom is -0.488 e. The third-order valence-electron chi connectivity index (χ3n) is 4.17. The van der Waals surface area contributed by atoms with Gasteiger partial charge < -0.3 is 4.74 Å². The molecule has 2 heterocycles. The van der Waals surface area contributed by atoms with Crippen LogP contribution in [0.1, 0.15) is 18.4 Å². The molecule has 6 heteroatoms. The van der Waals surface area contributed by atoms with Gasteiger partial charge in [0.15, 0.2) is 0 Å². The Morgan fingerprint density at radius 3 is 2.67 bits per heavy atom. The van der Waals surface area contributed by atoms with E-state index in [4.69, 9.17) is 9.52 Å². The van der Waals surface area contributed by atoms with Crippen LogP contribution >= 0.6 is 0 Å². The highest BCUT2D eigenvalue weighted by Crippen LogP contribution is 2.34. The van der Waals surface area contributed by atoms with Crippen LogP contribution in [0.25, 0.3) is 10.9 Å². The zero-order valence-corrected chi connectivity index (χ0v) is 13.8. The second-order valence-corrected chi connectivity index (χ2v) is 8.27. The molecule has 4 rings (SSSR count). The van der Waals surface area contributed by atoms with Crippen molar-refractivity contribution in [2.24, 2.45) is 0 Å². The molecule has 24 heavy (non-hydrogen) atoms. The number of benzene rings is 1. The molecular weight excluding hydrogens is 322 g/mol. The molecule has 0 saturated heterocycles. The largest absolute Gasteiger partial charge is 0.488 e. The highest BCUT2D eigenvalue weighted by atomic mass is 32.2. The summed E-state index contributed by atoms with van der Waals surface area (Å²) in [6, 6.07) is 11.1. The summed E-state index contributed by atoms with van der Waals surface area (Å²) in [5.41, 5.74) is 1.77. The first-order valence-electron chi connectivity index (χ1n) is 7.83. The van der Waals surface area contributed by atoms with E-state index >= 15 is 0 Å². The predicted octanol–water partition coefficient (Wildman–Crippen LogP) is 3.78. The summed E-state index contributed by atoms with van der Waals surface area (Å²) in [6.07, 6.45) is 6.93. The molecule has 1 N–H and O–H groups in total. The zero-order chi connectivity index (χ0) is 16.6. The standard InChI is InChI=1S/C18H17N3O2S/c19-24(22,15-5-6-15)14-3-1-13(2-4-14)12-23-18-8-10-21-17-11-20-9-7-16(17)18/h1-4,7-11,15,19H,5-6,12H2. The fraction of sp³-hybridized carbons (Fsp3) is 0.222. The van der Waals surface area contributed by atoms with E-state index in [1.807, 2.05) is 24.3 Å². The van der Waals surface area contributed by atoms with Crippen molar-refractivity contribution in [1.29, 1.82) is 4.78 Å². The fourth-order valence-corrected chi connectivity index (χ4v) is 4.36. The Hall–Kier alpha value is -2.47. The average molecular weight is 339 g/mol. The first kappa shape index (κ1) is 15.1. The van der Waals surface area contributed by atoms with Crippen LogP contribution in [0.4, 0.5) is 0 Å². The molecule has 2 aromatic heterocycles. The Morgan fingerprint density at radius 1 is 1.12 bits per heavy atom. The number of aromatic nitrogens is 2. The van der Waals surface area contributed by atoms with Crippen LogP contribution in [0.2, 0.25) is 0 Å². The molecule has 0 radical (unpaired) electrons. The smallest absolute Gasteiger partial charge is 0.130 e. The highest BCUT2D eigenvalue weighted by Gasteiger charge is 2.33. The number of hydrogen-bond acceptors (Lipinski definition) is 5. The van der Waals surface area contributed by atoms with E-state index in [0.717, 1.165) is 35.1 Å². The van der Waals surface area contributed by atoms with Crippen molar-refractivity contribution in [3.63, 3.8) is 0 Å². The van der Waals surface area contributed by atoms with Gasteiger partial charge in [-0.1, -0.05) is 12.1 Å². The van der Waals surface area contributed by atoms with E-state index < -0.39 is 9.73 Å². The summed E-state index contributed by atoms with van der Waals surface area (Å²) >= 11 is 0. The van der Waals surface area contributed by atoms with Gasteiger partial charge in [-0.05, 0) is 42.7 Å². The van der Waals surface area contributed by atoms with E-state index in [1.165, 1.54) is 0 Å². The molecule has 0 bridgehead atoms. The first-order chi connectivity index (χ1) is 11.6. The van der Waals surface area contributed by atoms with Crippen molar-refractivity contribution in [2.45, 2.75) is 29.6 Å². The lowest BCUT2D eigenvalue weighted by Crippen LogP contribution is -2.05. The maximum absolute atomic E-state index is 12.4. The van der Waals surface area contributed by atoms with Gasteiger partial charge in [-0.25, -0.2) is 8.99 Å². The highest BCUT2D eigenvalue weighted by molar-refractivity contribution is 7.93. The lowest BCUT2D eigenvalue weighted by atomic mass is 10.2. The van der Waals surface area contributed by atoms with E-state index in [-0.39, 0.29) is 5.25 Å². The Balaban J connectivity index is 1.51. The molecule has 1 aliphatic carbocycles. The SMILES string of the molecule is N=S(=O)(c1ccc(COc2ccnc3cnccc23)cc1)C1CC1. The first-order valence-corrected chi connectivity index (χ1v) is 9.45. The number of hydrogen-bond donors (Lipinski definition) is 1. The van der Waals surface area contributed by atoms with Gasteiger partial charge in [-0.15, -0.1) is 0 Å². The van der Waals surface area contributed by atoms with Crippen LogP contribution in [0, 0.1) is 4.78 Å². The van der Waals surface area contributed by atoms with Crippen LogP contribution in [0.3, 0.4) is 0 Å². The summed E-state index contributed by atoms with van der Waals surface area (Å²) in [5.74, 6) is 0.758. The minimum atomic E-state index is -2.63. The fourth-order valence-electron chi connectivity index (χ4n) is 2.64. The lowest BCUT2D eigenvalue weighted by molar-refractivity contribution is 0.309. The number of fused-ring (bicyclic) bond motifs is 1. The molecule has 1 saturated carbocycles. The van der Waals surface area contributed by atoms with Crippen LogP contribution in [0.5, 0.6) is 5.75 Å². The third kappa shape index (κ3) is 2.85. The number of rotatable bonds is 5. The summed E-state index contributed by atoms with van der Waals surface area (Å²) in [5, 5.41) is 0.962. The molecule has 1 aromatic carbocycles. The molecule has 1 atom stereocenters. The molecule has 1 unspecified atom stereocenters. The van der Waals surface area contributed by atoms with Gasteiger partial charge in [0.25, 0.3) is 0 Å². The molecule has 122 valence electrons. The van der Waals surface area contributed by atoms with E-state index in [0.29, 0.717) is 11.5 Å². The van der Waals surface area contributed by atoms with Crippen LogP contribution in [0.15, 0.2) is 59.9 Å². The number of nitrogens with zero attached hydrogens (tertiary/aromatic N) is 2. The second-order valence-electron chi connectivity index (χ2n) is 5.93. The summed E-state index contributed by atoms with van der Waals surface area (Å²) < 4.78 is 26.4. The van der Waals surface area contributed by atoms with E-state index in [2.05, 4.69) is 9.97 Å². The number of pyridine rings is 2. The van der Waals surface area contributed by atoms with Crippen molar-refractivity contribution >= 4 is 20.6 Å². The monoisotopic (exact) mass is 339 g/mol. The Bertz CT molecular complexity index is 975. The molecule has 5 nitrogen and oxygen atoms in total. The molecule has 0 aliphatic heterocycles. The number of ether oxygens (including phenoxy) is 1. The third-order valence-corrected chi connectivity index (χ3v) is 6.55. The summed E-state index contributed by atoms with van der Waals surface area (Å²) in [4.78, 5) is 8.94. The second kappa shape index (κ2) is 5.87. The van der Waals surface area contributed by atoms with Crippen molar-refractivity contribution < 1.29 is 8.95 Å². The summed E-state index contributed by atoms with van der Waals surface area (Å²) in [7, 11) is -2.63. The van der Waals surface area contributed by atoms with Crippen molar-refractivity contribution in [3.05, 3.63) is 60.6 Å². The Morgan fingerprint density at radius 2 is 1.92 bits per heavy atom. The number of nitrogens with one attached hydrogen (secondary N) is 1. The van der Waals surface area contributed by atoms with Gasteiger partial charge in [-0.3, -0.25) is 9.97 Å². The van der Waals surface area contributed by atoms with Crippen molar-refractivity contribution in [2.75, 3.05) is 0 Å². The normalized spacial score (nSPS) is 16.7. The molecule has 1 aliphatic rings. The maximum atomic E-state index is 12.4. The molecular formula is C18H17N3O2S. The van der Waals surface area contributed by atoms with Gasteiger partial charge in [0.2, 0.25) is 0 Å². The lowest BCUT2D eigenvalue weighted by Gasteiger charge is -2.10. The summed E-state index contributed by atoms with van der Waals surface area (Å²) in [6.45, 7) is 0.407. The van der Waals surface area contributed by atoms with Gasteiger partial charge in [-0.2, -0.15) is 0 Å². The Labute approximate surface area is 140 Å².